The van der Waals surface area contributed by atoms with Crippen LogP contribution in [0.2, 0.25) is 0 Å². The van der Waals surface area contributed by atoms with Gasteiger partial charge in [0.05, 0.1) is 11.2 Å². The Morgan fingerprint density at radius 2 is 1.77 bits per heavy atom. The minimum Gasteiger partial charge on any atom is -0.477 e. The van der Waals surface area contributed by atoms with Crippen LogP contribution >= 0.6 is 11.8 Å². The number of halogens is 1. The first-order valence-electron chi connectivity index (χ1n) is 16.9. The van der Waals surface area contributed by atoms with Crippen LogP contribution in [0.5, 0.6) is 5.75 Å². The van der Waals surface area contributed by atoms with Crippen molar-refractivity contribution in [2.75, 3.05) is 43.1 Å². The van der Waals surface area contributed by atoms with Gasteiger partial charge in [0.25, 0.3) is 0 Å². The number of carboxylic acids is 1. The third-order valence-electron chi connectivity index (χ3n) is 8.61. The Morgan fingerprint density at radius 3 is 2.37 bits per heavy atom. The molecule has 3 aromatic rings. The Kier molecular flexibility index (Phi) is 14.0. The monoisotopic (exact) mass is 745 g/mol. The molecule has 2 aromatic carbocycles. The van der Waals surface area contributed by atoms with E-state index >= 15 is 4.39 Å². The largest absolute Gasteiger partial charge is 0.477 e. The van der Waals surface area contributed by atoms with E-state index in [-0.39, 0.29) is 45.3 Å². The molecule has 0 bridgehead atoms. The lowest BCUT2D eigenvalue weighted by Gasteiger charge is -2.35. The Morgan fingerprint density at radius 1 is 1.08 bits per heavy atom. The molecule has 0 saturated carbocycles. The second kappa shape index (κ2) is 18.4. The number of carbonyl (C=O) groups excluding carboxylic acids is 4. The number of ether oxygens (including phenoxy) is 2. The summed E-state index contributed by atoms with van der Waals surface area (Å²) in [6, 6.07) is 7.31. The van der Waals surface area contributed by atoms with E-state index in [4.69, 9.17) is 9.47 Å². The number of rotatable bonds is 16. The van der Waals surface area contributed by atoms with Crippen molar-refractivity contribution in [3.05, 3.63) is 69.8 Å². The van der Waals surface area contributed by atoms with Crippen LogP contribution in [0.4, 0.5) is 14.9 Å². The highest BCUT2D eigenvalue weighted by Gasteiger charge is 2.28. The van der Waals surface area contributed by atoms with Gasteiger partial charge in [-0.1, -0.05) is 26.0 Å². The summed E-state index contributed by atoms with van der Waals surface area (Å²) in [6.07, 6.45) is 3.80. The minimum atomic E-state index is -1.38. The summed E-state index contributed by atoms with van der Waals surface area (Å²) in [5, 5.41) is 14.6. The zero-order chi connectivity index (χ0) is 37.9. The number of carbonyl (C=O) groups is 5. The lowest BCUT2D eigenvalue weighted by molar-refractivity contribution is -0.140. The van der Waals surface area contributed by atoms with Crippen molar-refractivity contribution < 1.29 is 45.8 Å². The Labute approximate surface area is 307 Å². The molecule has 0 aliphatic carbocycles. The first-order valence-corrected chi connectivity index (χ1v) is 18.3. The summed E-state index contributed by atoms with van der Waals surface area (Å²) >= 11 is 1.54. The van der Waals surface area contributed by atoms with Crippen LogP contribution in [0.1, 0.15) is 52.4 Å². The van der Waals surface area contributed by atoms with E-state index in [0.717, 1.165) is 6.07 Å². The number of benzene rings is 2. The molecule has 0 radical (unpaired) electrons. The van der Waals surface area contributed by atoms with Crippen LogP contribution in [-0.2, 0) is 32.3 Å². The summed E-state index contributed by atoms with van der Waals surface area (Å²) in [5.41, 5.74) is 0.119. The SMILES string of the molecule is CCn1cc(C(=O)O)c(=O)c2cc(F)c(N3CCN(C(=O)OCc4ccc(OC(=O)C(CC(C)C)NC(=O)C(CCSC)NC=O)cc4)CC3)cc21.[HH].[HH]. The first-order chi connectivity index (χ1) is 24.9. The number of fused-ring (bicyclic) bond motifs is 1. The average molecular weight is 746 g/mol. The van der Waals surface area contributed by atoms with Crippen molar-refractivity contribution in [2.45, 2.75) is 58.8 Å². The summed E-state index contributed by atoms with van der Waals surface area (Å²) in [4.78, 5) is 77.3. The molecule has 2 atom stereocenters. The zero-order valence-corrected chi connectivity index (χ0v) is 30.4. The molecule has 14 nitrogen and oxygen atoms in total. The maximum atomic E-state index is 15.2. The second-order valence-corrected chi connectivity index (χ2v) is 13.7. The molecular formula is C36H48FN5O9S. The number of carboxylic acid groups (broad SMARTS) is 1. The Balaban J connectivity index is 0.00000504. The summed E-state index contributed by atoms with van der Waals surface area (Å²) in [7, 11) is 0. The van der Waals surface area contributed by atoms with Gasteiger partial charge >= 0.3 is 18.0 Å². The lowest BCUT2D eigenvalue weighted by atomic mass is 10.0. The van der Waals surface area contributed by atoms with Gasteiger partial charge in [-0.2, -0.15) is 11.8 Å². The second-order valence-electron chi connectivity index (χ2n) is 12.7. The molecule has 0 spiro atoms. The van der Waals surface area contributed by atoms with Crippen LogP contribution in [0.3, 0.4) is 0 Å². The molecule has 1 saturated heterocycles. The van der Waals surface area contributed by atoms with E-state index in [1.54, 1.807) is 40.7 Å². The van der Waals surface area contributed by atoms with Crippen molar-refractivity contribution in [3.8, 4) is 5.75 Å². The maximum Gasteiger partial charge on any atom is 0.410 e. The number of anilines is 1. The zero-order valence-electron chi connectivity index (χ0n) is 29.6. The molecule has 4 rings (SSSR count). The number of pyridine rings is 1. The smallest absolute Gasteiger partial charge is 0.410 e. The van der Waals surface area contributed by atoms with Crippen molar-refractivity contribution in [1.29, 1.82) is 0 Å². The quantitative estimate of drug-likeness (QED) is 0.109. The molecule has 52 heavy (non-hydrogen) atoms. The fourth-order valence-electron chi connectivity index (χ4n) is 5.83. The van der Waals surface area contributed by atoms with Gasteiger partial charge in [-0.15, -0.1) is 0 Å². The van der Waals surface area contributed by atoms with Crippen molar-refractivity contribution in [3.63, 3.8) is 0 Å². The molecule has 1 aliphatic rings. The molecule has 3 amide bonds. The molecular weight excluding hydrogens is 697 g/mol. The molecule has 2 unspecified atom stereocenters. The Bertz CT molecular complexity index is 1840. The number of aromatic nitrogens is 1. The van der Waals surface area contributed by atoms with Crippen LogP contribution in [-0.4, -0.2) is 95.2 Å². The highest BCUT2D eigenvalue weighted by molar-refractivity contribution is 7.98. The lowest BCUT2D eigenvalue weighted by Crippen LogP contribution is -2.51. The van der Waals surface area contributed by atoms with E-state index in [2.05, 4.69) is 10.6 Å². The standard InChI is InChI=1S/C36H44FN5O9S.2H2/c1-5-40-19-26(34(46)47)32(44)25-17-27(37)31(18-30(25)40)41-11-13-42(14-12-41)36(49)50-20-23-6-8-24(9-7-23)51-35(48)29(16-22(2)3)39-33(45)28(38-21-43)10-15-52-4;;/h6-9,17-19,21-22,28-29H,5,10-16,20H2,1-4H3,(H,38,43)(H,39,45)(H,46,47);2*1H. The van der Waals surface area contributed by atoms with Gasteiger partial charge in [0.15, 0.2) is 0 Å². The average Bonchev–Trinajstić information content (AvgIpc) is 3.12. The van der Waals surface area contributed by atoms with Crippen LogP contribution < -0.4 is 25.7 Å². The number of piperazine rings is 1. The van der Waals surface area contributed by atoms with Gasteiger partial charge in [0.2, 0.25) is 17.7 Å². The van der Waals surface area contributed by atoms with Crippen LogP contribution in [0.25, 0.3) is 10.9 Å². The number of thioether (sulfide) groups is 1. The van der Waals surface area contributed by atoms with Crippen LogP contribution in [0, 0.1) is 11.7 Å². The van der Waals surface area contributed by atoms with Crippen LogP contribution in [0.15, 0.2) is 47.4 Å². The molecule has 3 N–H and O–H groups in total. The highest BCUT2D eigenvalue weighted by atomic mass is 32.2. The van der Waals surface area contributed by atoms with Gasteiger partial charge in [-0.05, 0) is 67.5 Å². The molecule has 16 heteroatoms. The first kappa shape index (κ1) is 39.7. The van der Waals surface area contributed by atoms with E-state index in [1.807, 2.05) is 20.1 Å². The van der Waals surface area contributed by atoms with Gasteiger partial charge in [0, 0.05) is 47.2 Å². The maximum absolute atomic E-state index is 15.2. The number of nitrogens with one attached hydrogen (secondary N) is 2. The third-order valence-corrected chi connectivity index (χ3v) is 9.25. The van der Waals surface area contributed by atoms with E-state index in [0.29, 0.717) is 55.7 Å². The summed E-state index contributed by atoms with van der Waals surface area (Å²) in [6.45, 7) is 7.03. The normalized spacial score (nSPS) is 14.1. The van der Waals surface area contributed by atoms with Crippen molar-refractivity contribution >= 4 is 58.7 Å². The van der Waals surface area contributed by atoms with E-state index < -0.39 is 52.8 Å². The molecule has 284 valence electrons. The predicted octanol–water partition coefficient (Wildman–Crippen LogP) is 4.11. The molecule has 1 aromatic heterocycles. The van der Waals surface area contributed by atoms with Crippen molar-refractivity contribution in [2.24, 2.45) is 5.92 Å². The number of nitrogens with zero attached hydrogens (tertiary/aromatic N) is 3. The van der Waals surface area contributed by atoms with Gasteiger partial charge in [0.1, 0.15) is 35.8 Å². The Hall–Kier alpha value is -5.12. The molecule has 1 aliphatic heterocycles. The number of hydrogen-bond acceptors (Lipinski definition) is 10. The number of hydrogen-bond donors (Lipinski definition) is 3. The van der Waals surface area contributed by atoms with Gasteiger partial charge < -0.3 is 39.6 Å². The molecule has 2 heterocycles. The number of aromatic carboxylic acids is 1. The number of aryl methyl sites for hydroxylation is 1. The van der Waals surface area contributed by atoms with E-state index in [1.165, 1.54) is 28.9 Å². The van der Waals surface area contributed by atoms with Gasteiger partial charge in [-0.25, -0.2) is 18.8 Å². The van der Waals surface area contributed by atoms with Crippen molar-refractivity contribution in [1.82, 2.24) is 20.1 Å². The summed E-state index contributed by atoms with van der Waals surface area (Å²) in [5.74, 6) is -2.20. The van der Waals surface area contributed by atoms with Gasteiger partial charge in [-0.3, -0.25) is 14.4 Å². The fourth-order valence-corrected chi connectivity index (χ4v) is 6.30. The fraction of sp³-hybridized carbons (Fsp3) is 0.444. The topological polar surface area (TPSA) is 177 Å². The predicted molar refractivity (Wildman–Crippen MR) is 198 cm³/mol. The molecule has 1 fully saturated rings. The number of esters is 1. The summed E-state index contributed by atoms with van der Waals surface area (Å²) < 4.78 is 27.9. The third kappa shape index (κ3) is 10.0. The highest BCUT2D eigenvalue weighted by Crippen LogP contribution is 2.27. The minimum absolute atomic E-state index is 0. The number of amides is 3. The van der Waals surface area contributed by atoms with E-state index in [9.17, 15) is 33.9 Å².